The molecule has 0 aliphatic heterocycles. The van der Waals surface area contributed by atoms with Gasteiger partial charge in [0, 0.05) is 19.8 Å². The van der Waals surface area contributed by atoms with Gasteiger partial charge in [-0.25, -0.2) is 4.99 Å². The molecule has 64 valence electrons. The van der Waals surface area contributed by atoms with Crippen LogP contribution < -0.4 is 0 Å². The van der Waals surface area contributed by atoms with Gasteiger partial charge in [-0.2, -0.15) is 5.10 Å². The van der Waals surface area contributed by atoms with Crippen LogP contribution in [0.5, 0.6) is 0 Å². The van der Waals surface area contributed by atoms with Crippen molar-refractivity contribution in [2.24, 2.45) is 16.0 Å². The largest absolute Gasteiger partial charge is 0.302 e. The Bertz CT molecular complexity index is 157. The standard InChI is InChI=1S/C8H17N3/c1-7(2)8(3)9-6-10-11(4)5/h6-7H,1-5H3/b9-8+,10-6-. The zero-order chi connectivity index (χ0) is 8.85. The van der Waals surface area contributed by atoms with Gasteiger partial charge in [0.05, 0.1) is 0 Å². The lowest BCUT2D eigenvalue weighted by Gasteiger charge is -2.02. The zero-order valence-electron chi connectivity index (χ0n) is 8.00. The lowest BCUT2D eigenvalue weighted by molar-refractivity contribution is 0.439. The monoisotopic (exact) mass is 155 g/mol. The van der Waals surface area contributed by atoms with E-state index in [0.29, 0.717) is 5.92 Å². The predicted molar refractivity (Wildman–Crippen MR) is 50.1 cm³/mol. The van der Waals surface area contributed by atoms with Crippen LogP contribution in [0, 0.1) is 5.92 Å². The highest BCUT2D eigenvalue weighted by Gasteiger charge is 1.94. The maximum absolute atomic E-state index is 4.15. The molecule has 0 aromatic rings. The van der Waals surface area contributed by atoms with E-state index >= 15 is 0 Å². The Labute approximate surface area is 68.8 Å². The van der Waals surface area contributed by atoms with Crippen molar-refractivity contribution in [1.29, 1.82) is 0 Å². The van der Waals surface area contributed by atoms with Gasteiger partial charge in [0.1, 0.15) is 6.34 Å². The molecule has 0 bridgehead atoms. The first-order valence-electron chi connectivity index (χ1n) is 3.78. The van der Waals surface area contributed by atoms with Crippen LogP contribution in [0.25, 0.3) is 0 Å². The molecule has 0 aromatic carbocycles. The van der Waals surface area contributed by atoms with Crippen LogP contribution >= 0.6 is 0 Å². The summed E-state index contributed by atoms with van der Waals surface area (Å²) in [5, 5.41) is 5.69. The molecule has 3 heteroatoms. The fraction of sp³-hybridized carbons (Fsp3) is 0.750. The van der Waals surface area contributed by atoms with E-state index in [2.05, 4.69) is 23.9 Å². The highest BCUT2D eigenvalue weighted by Crippen LogP contribution is 1.94. The molecule has 0 rings (SSSR count). The third-order valence-electron chi connectivity index (χ3n) is 1.38. The van der Waals surface area contributed by atoms with Crippen LogP contribution in [0.4, 0.5) is 0 Å². The van der Waals surface area contributed by atoms with Gasteiger partial charge < -0.3 is 5.01 Å². The minimum Gasteiger partial charge on any atom is -0.302 e. The number of aliphatic imine (C=N–C) groups is 1. The predicted octanol–water partition coefficient (Wildman–Crippen LogP) is 1.61. The second kappa shape index (κ2) is 4.88. The summed E-state index contributed by atoms with van der Waals surface area (Å²) in [6.45, 7) is 6.23. The van der Waals surface area contributed by atoms with Crippen LogP contribution in [0.15, 0.2) is 10.1 Å². The van der Waals surface area contributed by atoms with Crippen molar-refractivity contribution in [3.63, 3.8) is 0 Å². The van der Waals surface area contributed by atoms with E-state index in [0.717, 1.165) is 5.71 Å². The third kappa shape index (κ3) is 5.58. The minimum atomic E-state index is 0.503. The van der Waals surface area contributed by atoms with Gasteiger partial charge in [-0.05, 0) is 12.8 Å². The van der Waals surface area contributed by atoms with Crippen molar-refractivity contribution >= 4 is 12.1 Å². The summed E-state index contributed by atoms with van der Waals surface area (Å²) in [5.74, 6) is 0.503. The van der Waals surface area contributed by atoms with Crippen LogP contribution in [0.3, 0.4) is 0 Å². The van der Waals surface area contributed by atoms with E-state index < -0.39 is 0 Å². The Hall–Kier alpha value is -0.860. The van der Waals surface area contributed by atoms with E-state index in [-0.39, 0.29) is 0 Å². The topological polar surface area (TPSA) is 28.0 Å². The molecule has 0 radical (unpaired) electrons. The summed E-state index contributed by atoms with van der Waals surface area (Å²) in [4.78, 5) is 4.15. The summed E-state index contributed by atoms with van der Waals surface area (Å²) >= 11 is 0. The highest BCUT2D eigenvalue weighted by atomic mass is 15.4. The molecule has 0 aliphatic rings. The zero-order valence-corrected chi connectivity index (χ0v) is 8.00. The Balaban J connectivity index is 3.91. The average molecular weight is 155 g/mol. The van der Waals surface area contributed by atoms with E-state index in [1.165, 1.54) is 0 Å². The first-order chi connectivity index (χ1) is 5.04. The van der Waals surface area contributed by atoms with Crippen molar-refractivity contribution in [2.45, 2.75) is 20.8 Å². The van der Waals surface area contributed by atoms with E-state index in [1.54, 1.807) is 11.3 Å². The molecule has 0 atom stereocenters. The van der Waals surface area contributed by atoms with Gasteiger partial charge in [-0.15, -0.1) is 0 Å². The van der Waals surface area contributed by atoms with Crippen molar-refractivity contribution in [3.05, 3.63) is 0 Å². The first kappa shape index (κ1) is 10.1. The van der Waals surface area contributed by atoms with E-state index in [4.69, 9.17) is 0 Å². The molecule has 0 saturated heterocycles. The number of rotatable bonds is 3. The smallest absolute Gasteiger partial charge is 0.135 e. The third-order valence-corrected chi connectivity index (χ3v) is 1.38. The molecule has 11 heavy (non-hydrogen) atoms. The first-order valence-corrected chi connectivity index (χ1v) is 3.78. The van der Waals surface area contributed by atoms with Crippen LogP contribution in [0.2, 0.25) is 0 Å². The van der Waals surface area contributed by atoms with Crippen molar-refractivity contribution in [2.75, 3.05) is 14.1 Å². The van der Waals surface area contributed by atoms with Gasteiger partial charge in [0.25, 0.3) is 0 Å². The van der Waals surface area contributed by atoms with Crippen molar-refractivity contribution in [1.82, 2.24) is 5.01 Å². The summed E-state index contributed by atoms with van der Waals surface area (Å²) in [5.41, 5.74) is 1.11. The Kier molecular flexibility index (Phi) is 4.50. The second-order valence-electron chi connectivity index (χ2n) is 3.00. The van der Waals surface area contributed by atoms with Gasteiger partial charge >= 0.3 is 0 Å². The number of hydrogen-bond acceptors (Lipinski definition) is 2. The van der Waals surface area contributed by atoms with Crippen molar-refractivity contribution < 1.29 is 0 Å². The molecule has 0 amide bonds. The number of hydrazone groups is 1. The Morgan fingerprint density at radius 3 is 2.27 bits per heavy atom. The molecule has 0 fully saturated rings. The Morgan fingerprint density at radius 1 is 1.36 bits per heavy atom. The molecule has 3 nitrogen and oxygen atoms in total. The quantitative estimate of drug-likeness (QED) is 0.345. The number of nitrogens with zero attached hydrogens (tertiary/aromatic N) is 3. The second-order valence-corrected chi connectivity index (χ2v) is 3.00. The maximum Gasteiger partial charge on any atom is 0.135 e. The highest BCUT2D eigenvalue weighted by molar-refractivity contribution is 5.89. The van der Waals surface area contributed by atoms with Crippen LogP contribution in [0.1, 0.15) is 20.8 Å². The van der Waals surface area contributed by atoms with Crippen LogP contribution in [-0.2, 0) is 0 Å². The lowest BCUT2D eigenvalue weighted by Crippen LogP contribution is -2.04. The summed E-state index contributed by atoms with van der Waals surface area (Å²) < 4.78 is 0. The van der Waals surface area contributed by atoms with Crippen LogP contribution in [-0.4, -0.2) is 31.2 Å². The molecule has 0 aliphatic carbocycles. The summed E-state index contributed by atoms with van der Waals surface area (Å²) in [7, 11) is 3.74. The molecular weight excluding hydrogens is 138 g/mol. The normalized spacial score (nSPS) is 13.1. The van der Waals surface area contributed by atoms with Gasteiger partial charge in [0.2, 0.25) is 0 Å². The van der Waals surface area contributed by atoms with Gasteiger partial charge in [0.15, 0.2) is 0 Å². The Morgan fingerprint density at radius 2 is 1.91 bits per heavy atom. The van der Waals surface area contributed by atoms with Gasteiger partial charge in [-0.1, -0.05) is 13.8 Å². The summed E-state index contributed by atoms with van der Waals surface area (Å²) in [6, 6.07) is 0. The van der Waals surface area contributed by atoms with Crippen molar-refractivity contribution in [3.8, 4) is 0 Å². The van der Waals surface area contributed by atoms with Gasteiger partial charge in [-0.3, -0.25) is 0 Å². The number of hydrogen-bond donors (Lipinski definition) is 0. The average Bonchev–Trinajstić information content (AvgIpc) is 1.86. The summed E-state index contributed by atoms with van der Waals surface area (Å²) in [6.07, 6.45) is 1.58. The molecule has 0 saturated carbocycles. The fourth-order valence-corrected chi connectivity index (χ4v) is 0.369. The molecule has 0 N–H and O–H groups in total. The molecule has 0 spiro atoms. The van der Waals surface area contributed by atoms with E-state index in [9.17, 15) is 0 Å². The van der Waals surface area contributed by atoms with E-state index in [1.807, 2.05) is 21.0 Å². The SMILES string of the molecule is C/C(=N\C=N/N(C)C)C(C)C. The molecule has 0 heterocycles. The lowest BCUT2D eigenvalue weighted by atomic mass is 10.1. The minimum absolute atomic E-state index is 0.503. The fourth-order valence-electron chi connectivity index (χ4n) is 0.369. The molecule has 0 unspecified atom stereocenters. The molecular formula is C8H17N3. The maximum atomic E-state index is 4.15. The molecule has 0 aromatic heterocycles.